The normalized spacial score (nSPS) is 17.3. The van der Waals surface area contributed by atoms with Gasteiger partial charge in [-0.1, -0.05) is 0 Å². The number of carboxylic acids is 1. The lowest BCUT2D eigenvalue weighted by atomic mass is 10.1. The fourth-order valence-electron chi connectivity index (χ4n) is 3.00. The lowest BCUT2D eigenvalue weighted by Gasteiger charge is -2.28. The van der Waals surface area contributed by atoms with Gasteiger partial charge in [0.2, 0.25) is 0 Å². The van der Waals surface area contributed by atoms with Crippen LogP contribution in [0.1, 0.15) is 5.56 Å². The monoisotopic (exact) mass is 497 g/mol. The molecule has 0 bridgehead atoms. The van der Waals surface area contributed by atoms with Crippen molar-refractivity contribution >= 4 is 40.8 Å². The van der Waals surface area contributed by atoms with Gasteiger partial charge in [-0.25, -0.2) is 9.78 Å². The maximum Gasteiger partial charge on any atom is 0.490 e. The van der Waals surface area contributed by atoms with Gasteiger partial charge in [0.15, 0.2) is 0 Å². The first-order chi connectivity index (χ1) is 16.0. The maximum absolute atomic E-state index is 12.3. The number of carbonyl (C=O) groups is 3. The molecule has 14 heteroatoms. The molecule has 4 rings (SSSR count). The van der Waals surface area contributed by atoms with Crippen LogP contribution < -0.4 is 21.1 Å². The molecule has 0 aromatic carbocycles. The molecule has 2 amide bonds. The molecule has 2 aromatic rings. The van der Waals surface area contributed by atoms with Crippen molar-refractivity contribution in [1.82, 2.24) is 20.6 Å². The largest absolute Gasteiger partial charge is 0.490 e. The van der Waals surface area contributed by atoms with Crippen LogP contribution in [0.5, 0.6) is 0 Å². The van der Waals surface area contributed by atoms with E-state index >= 15 is 0 Å². The second-order valence-corrected chi connectivity index (χ2v) is 7.99. The number of rotatable bonds is 3. The summed E-state index contributed by atoms with van der Waals surface area (Å²) in [6.07, 6.45) is -0.315. The molecule has 0 saturated carbocycles. The number of aromatic nitrogens is 2. The third kappa shape index (κ3) is 6.45. The third-order valence-electron chi connectivity index (χ3n) is 4.61. The second-order valence-electron chi connectivity index (χ2n) is 6.97. The molecule has 2 saturated heterocycles. The number of nitrogens with one attached hydrogen (secondary N) is 3. The van der Waals surface area contributed by atoms with Crippen molar-refractivity contribution in [2.24, 2.45) is 0 Å². The molecule has 2 aliphatic heterocycles. The molecule has 0 unspecified atom stereocenters. The number of thioether (sulfide) groups is 1. The fraction of sp³-hybridized carbons (Fsp3) is 0.250. The maximum atomic E-state index is 12.3. The van der Waals surface area contributed by atoms with E-state index < -0.39 is 23.3 Å². The number of aromatic amines is 1. The van der Waals surface area contributed by atoms with Gasteiger partial charge in [0.05, 0.1) is 4.91 Å². The minimum atomic E-state index is -5.08. The summed E-state index contributed by atoms with van der Waals surface area (Å²) < 4.78 is 31.7. The van der Waals surface area contributed by atoms with Gasteiger partial charge < -0.3 is 20.3 Å². The summed E-state index contributed by atoms with van der Waals surface area (Å²) in [4.78, 5) is 53.8. The number of nitrogens with zero attached hydrogens (tertiary/aromatic N) is 2. The quantitative estimate of drug-likeness (QED) is 0.467. The third-order valence-corrected chi connectivity index (χ3v) is 5.42. The molecule has 0 radical (unpaired) electrons. The van der Waals surface area contributed by atoms with Crippen LogP contribution in [0.25, 0.3) is 17.2 Å². The van der Waals surface area contributed by atoms with Gasteiger partial charge in [-0.15, -0.1) is 0 Å². The zero-order chi connectivity index (χ0) is 24.9. The molecule has 2 fully saturated rings. The number of carboxylic acid groups (broad SMARTS) is 1. The average molecular weight is 497 g/mol. The van der Waals surface area contributed by atoms with Crippen LogP contribution in [0.15, 0.2) is 40.3 Å². The molecule has 4 N–H and O–H groups in total. The molecule has 10 nitrogen and oxygen atoms in total. The molecular formula is C20H18F3N5O5S. The SMILES string of the molecule is O=C(O)C(F)(F)F.O=C1NC(=O)/C(=C\c2c[nH]c(=O)c(-c3ccc(N4CCNCC4)nc3)c2)S1. The molecule has 0 aliphatic carbocycles. The summed E-state index contributed by atoms with van der Waals surface area (Å²) in [5, 5.41) is 12.2. The van der Waals surface area contributed by atoms with Crippen LogP contribution >= 0.6 is 11.8 Å². The summed E-state index contributed by atoms with van der Waals surface area (Å²) in [7, 11) is 0. The first kappa shape index (κ1) is 25.0. The van der Waals surface area contributed by atoms with E-state index in [-0.39, 0.29) is 5.56 Å². The molecule has 180 valence electrons. The molecule has 34 heavy (non-hydrogen) atoms. The van der Waals surface area contributed by atoms with E-state index in [1.807, 2.05) is 12.1 Å². The van der Waals surface area contributed by atoms with E-state index in [0.29, 0.717) is 21.6 Å². The Kier molecular flexibility index (Phi) is 7.73. The van der Waals surface area contributed by atoms with Crippen LogP contribution in [-0.4, -0.2) is 64.5 Å². The number of pyridine rings is 2. The number of hydrogen-bond donors (Lipinski definition) is 4. The van der Waals surface area contributed by atoms with Crippen molar-refractivity contribution in [3.8, 4) is 11.1 Å². The number of imide groups is 1. The van der Waals surface area contributed by atoms with Crippen LogP contribution in [0, 0.1) is 0 Å². The Morgan fingerprint density at radius 1 is 1.18 bits per heavy atom. The number of H-pyrrole nitrogens is 1. The zero-order valence-corrected chi connectivity index (χ0v) is 18.1. The Morgan fingerprint density at radius 2 is 1.85 bits per heavy atom. The second kappa shape index (κ2) is 10.5. The molecule has 0 spiro atoms. The Balaban J connectivity index is 0.000000406. The highest BCUT2D eigenvalue weighted by molar-refractivity contribution is 8.18. The highest BCUT2D eigenvalue weighted by Crippen LogP contribution is 2.26. The number of hydrogen-bond acceptors (Lipinski definition) is 8. The van der Waals surface area contributed by atoms with Crippen molar-refractivity contribution < 1.29 is 32.7 Å². The van der Waals surface area contributed by atoms with Gasteiger partial charge in [-0.05, 0) is 41.6 Å². The molecule has 4 heterocycles. The predicted octanol–water partition coefficient (Wildman–Crippen LogP) is 1.80. The standard InChI is InChI=1S/C18H17N5O3S.C2HF3O2/c24-16-13(7-11(9-21-16)8-14-17(25)22-18(26)27-14)12-1-2-15(20-10-12)23-5-3-19-4-6-23;3-2(4,5)1(6)7/h1-2,7-10,19H,3-6H2,(H,21,24)(H,22,25,26);(H,6,7)/b14-8+;. The van der Waals surface area contributed by atoms with Crippen LogP contribution in [-0.2, 0) is 9.59 Å². The van der Waals surface area contributed by atoms with Crippen molar-refractivity contribution in [2.45, 2.75) is 6.18 Å². The first-order valence-corrected chi connectivity index (χ1v) is 10.6. The zero-order valence-electron chi connectivity index (χ0n) is 17.3. The van der Waals surface area contributed by atoms with Crippen molar-refractivity contribution in [2.75, 3.05) is 31.1 Å². The smallest absolute Gasteiger partial charge is 0.475 e. The van der Waals surface area contributed by atoms with Crippen LogP contribution in [0.2, 0.25) is 0 Å². The predicted molar refractivity (Wildman–Crippen MR) is 118 cm³/mol. The van der Waals surface area contributed by atoms with Gasteiger partial charge in [0.25, 0.3) is 16.7 Å². The number of halogens is 3. The summed E-state index contributed by atoms with van der Waals surface area (Å²) in [6, 6.07) is 5.46. The van der Waals surface area contributed by atoms with E-state index in [4.69, 9.17) is 9.90 Å². The van der Waals surface area contributed by atoms with Crippen molar-refractivity contribution in [1.29, 1.82) is 0 Å². The Morgan fingerprint density at radius 3 is 2.38 bits per heavy atom. The number of aliphatic carboxylic acids is 1. The number of alkyl halides is 3. The van der Waals surface area contributed by atoms with E-state index in [2.05, 4.69) is 25.5 Å². The van der Waals surface area contributed by atoms with E-state index in [0.717, 1.165) is 43.8 Å². The van der Waals surface area contributed by atoms with E-state index in [9.17, 15) is 27.6 Å². The number of carbonyl (C=O) groups excluding carboxylic acids is 2. The number of anilines is 1. The molecular weight excluding hydrogens is 479 g/mol. The summed E-state index contributed by atoms with van der Waals surface area (Å²) >= 11 is 0.839. The van der Waals surface area contributed by atoms with Gasteiger partial charge in [-0.2, -0.15) is 13.2 Å². The summed E-state index contributed by atoms with van der Waals surface area (Å²) in [5.74, 6) is -2.31. The van der Waals surface area contributed by atoms with Gasteiger partial charge in [0, 0.05) is 49.7 Å². The van der Waals surface area contributed by atoms with Crippen LogP contribution in [0.4, 0.5) is 23.8 Å². The highest BCUT2D eigenvalue weighted by Gasteiger charge is 2.38. The minimum Gasteiger partial charge on any atom is -0.475 e. The first-order valence-electron chi connectivity index (χ1n) is 9.74. The topological polar surface area (TPSA) is 144 Å². The van der Waals surface area contributed by atoms with Gasteiger partial charge in [0.1, 0.15) is 5.82 Å². The van der Waals surface area contributed by atoms with Crippen molar-refractivity contribution in [3.05, 3.63) is 51.4 Å². The Hall–Kier alpha value is -3.65. The Labute approximate surface area is 194 Å². The Bertz CT molecular complexity index is 1170. The lowest BCUT2D eigenvalue weighted by molar-refractivity contribution is -0.192. The number of amides is 2. The summed E-state index contributed by atoms with van der Waals surface area (Å²) in [5.41, 5.74) is 1.53. The molecule has 0 atom stereocenters. The average Bonchev–Trinajstić information content (AvgIpc) is 3.12. The lowest BCUT2D eigenvalue weighted by Crippen LogP contribution is -2.43. The number of piperazine rings is 1. The van der Waals surface area contributed by atoms with Crippen molar-refractivity contribution in [3.63, 3.8) is 0 Å². The molecule has 2 aliphatic rings. The fourth-order valence-corrected chi connectivity index (χ4v) is 3.68. The van der Waals surface area contributed by atoms with E-state index in [1.165, 1.54) is 6.20 Å². The summed E-state index contributed by atoms with van der Waals surface area (Å²) in [6.45, 7) is 3.64. The van der Waals surface area contributed by atoms with Gasteiger partial charge in [-0.3, -0.25) is 19.7 Å². The van der Waals surface area contributed by atoms with Crippen LogP contribution in [0.3, 0.4) is 0 Å². The van der Waals surface area contributed by atoms with E-state index in [1.54, 1.807) is 18.3 Å². The molecule has 2 aromatic heterocycles. The van der Waals surface area contributed by atoms with Gasteiger partial charge >= 0.3 is 12.1 Å². The minimum absolute atomic E-state index is 0.242. The highest BCUT2D eigenvalue weighted by atomic mass is 32.2.